The van der Waals surface area contributed by atoms with Crippen molar-refractivity contribution in [3.8, 4) is 0 Å². The monoisotopic (exact) mass is 640 g/mol. The number of hydrogen-bond acceptors (Lipinski definition) is 4. The molecule has 2 aliphatic rings. The van der Waals surface area contributed by atoms with Crippen molar-refractivity contribution in [3.05, 3.63) is 108 Å². The molecule has 1 aliphatic carbocycles. The van der Waals surface area contributed by atoms with Gasteiger partial charge in [-0.3, -0.25) is 19.3 Å². The Morgan fingerprint density at radius 1 is 0.872 bits per heavy atom. The van der Waals surface area contributed by atoms with Gasteiger partial charge in [-0.1, -0.05) is 123 Å². The number of nitrogens with one attached hydrogen (secondary N) is 1. The van der Waals surface area contributed by atoms with E-state index in [0.29, 0.717) is 37.9 Å². The van der Waals surface area contributed by atoms with Gasteiger partial charge < -0.3 is 15.1 Å². The van der Waals surface area contributed by atoms with Crippen LogP contribution in [-0.2, 0) is 14.4 Å². The fourth-order valence-corrected chi connectivity index (χ4v) is 6.53. The topological polar surface area (TPSA) is 73.0 Å². The number of carbonyl (C=O) groups is 3. The molecule has 3 amide bonds. The highest BCUT2D eigenvalue weighted by atomic mass is 16.2. The van der Waals surface area contributed by atoms with Gasteiger partial charge in [0.2, 0.25) is 18.7 Å². The number of hydrogen-bond donors (Lipinski definition) is 1. The van der Waals surface area contributed by atoms with E-state index in [4.69, 9.17) is 0 Å². The van der Waals surface area contributed by atoms with Crippen molar-refractivity contribution in [2.24, 2.45) is 5.92 Å². The number of aryl methyl sites for hydroxylation is 1. The lowest BCUT2D eigenvalue weighted by Crippen LogP contribution is -2.51. The largest absolute Gasteiger partial charge is 0.359 e. The van der Waals surface area contributed by atoms with Gasteiger partial charge in [-0.2, -0.15) is 0 Å². The third-order valence-corrected chi connectivity index (χ3v) is 9.13. The van der Waals surface area contributed by atoms with E-state index >= 15 is 0 Å². The van der Waals surface area contributed by atoms with Gasteiger partial charge in [-0.15, -0.1) is 0 Å². The molecule has 1 unspecified atom stereocenters. The first-order valence-corrected chi connectivity index (χ1v) is 17.4. The summed E-state index contributed by atoms with van der Waals surface area (Å²) in [6.07, 6.45) is 10.5. The third kappa shape index (κ3) is 13.3. The average molecular weight is 641 g/mol. The van der Waals surface area contributed by atoms with Crippen LogP contribution >= 0.6 is 0 Å². The molecule has 3 aromatic carbocycles. The SMILES string of the molecule is CCCN(C)C1CN(CC2CCCCC2)C(=O)CCN1C=O.Cc1ccccc1.O=CNCCC(c1ccccc1)c1ccccc1. The Morgan fingerprint density at radius 3 is 1.94 bits per heavy atom. The van der Waals surface area contributed by atoms with Crippen LogP contribution in [-0.4, -0.2) is 79.4 Å². The number of likely N-dealkylation sites (N-methyl/N-ethyl adjacent to an activating group) is 1. The lowest BCUT2D eigenvalue weighted by atomic mass is 9.88. The number of carbonyl (C=O) groups excluding carboxylic acids is 3. The zero-order valence-electron chi connectivity index (χ0n) is 28.8. The number of benzene rings is 3. The minimum Gasteiger partial charge on any atom is -0.359 e. The first kappa shape index (κ1) is 37.5. The molecule has 254 valence electrons. The normalized spacial score (nSPS) is 16.8. The summed E-state index contributed by atoms with van der Waals surface area (Å²) in [5.74, 6) is 1.20. The second-order valence-corrected chi connectivity index (χ2v) is 12.7. The highest BCUT2D eigenvalue weighted by Gasteiger charge is 2.31. The van der Waals surface area contributed by atoms with Gasteiger partial charge in [0.1, 0.15) is 6.17 Å². The van der Waals surface area contributed by atoms with Gasteiger partial charge in [0.15, 0.2) is 0 Å². The van der Waals surface area contributed by atoms with E-state index < -0.39 is 0 Å². The fraction of sp³-hybridized carbons (Fsp3) is 0.475. The maximum Gasteiger partial charge on any atom is 0.224 e. The van der Waals surface area contributed by atoms with Crippen molar-refractivity contribution in [1.29, 1.82) is 0 Å². The van der Waals surface area contributed by atoms with E-state index in [1.807, 2.05) is 35.2 Å². The van der Waals surface area contributed by atoms with Gasteiger partial charge in [-0.25, -0.2) is 0 Å². The minimum absolute atomic E-state index is 0.0208. The Bertz CT molecular complexity index is 1230. The molecule has 7 nitrogen and oxygen atoms in total. The van der Waals surface area contributed by atoms with Gasteiger partial charge in [0, 0.05) is 32.0 Å². The average Bonchev–Trinajstić information content (AvgIpc) is 3.27. The molecule has 2 fully saturated rings. The second-order valence-electron chi connectivity index (χ2n) is 12.7. The standard InChI is InChI=1S/C17H31N3O2.C16H17NO.C7H8/c1-3-10-18(2)16-13-20(12-15-7-5-4-6-8-15)17(22)9-11-19(16)14-21;18-13-17-12-11-16(14-7-3-1-4-8-14)15-9-5-2-6-10-15;1-7-5-3-2-4-6-7/h14-16H,3-13H2,1-2H3;1-10,13,16H,11-12H2,(H,17,18);2-6H,1H3. The van der Waals surface area contributed by atoms with Gasteiger partial charge in [0.25, 0.3) is 0 Å². The Labute approximate surface area is 283 Å². The molecule has 1 aliphatic heterocycles. The Morgan fingerprint density at radius 2 is 1.45 bits per heavy atom. The molecule has 1 saturated carbocycles. The Kier molecular flexibility index (Phi) is 17.4. The van der Waals surface area contributed by atoms with Crippen LogP contribution in [0.1, 0.15) is 80.9 Å². The maximum atomic E-state index is 12.4. The van der Waals surface area contributed by atoms with Crippen LogP contribution in [0.3, 0.4) is 0 Å². The fourth-order valence-electron chi connectivity index (χ4n) is 6.53. The Hall–Kier alpha value is -3.97. The lowest BCUT2D eigenvalue weighted by Gasteiger charge is -2.37. The lowest BCUT2D eigenvalue weighted by molar-refractivity contribution is -0.132. The van der Waals surface area contributed by atoms with Crippen molar-refractivity contribution in [2.75, 3.05) is 39.8 Å². The quantitative estimate of drug-likeness (QED) is 0.173. The van der Waals surface area contributed by atoms with E-state index in [1.165, 1.54) is 48.8 Å². The van der Waals surface area contributed by atoms with E-state index in [2.05, 4.69) is 91.8 Å². The van der Waals surface area contributed by atoms with Crippen molar-refractivity contribution in [3.63, 3.8) is 0 Å². The van der Waals surface area contributed by atoms with Crippen molar-refractivity contribution >= 4 is 18.7 Å². The molecule has 7 heteroatoms. The predicted molar refractivity (Wildman–Crippen MR) is 192 cm³/mol. The summed E-state index contributed by atoms with van der Waals surface area (Å²) in [5.41, 5.74) is 3.90. The zero-order valence-corrected chi connectivity index (χ0v) is 28.8. The first-order valence-electron chi connectivity index (χ1n) is 17.4. The van der Waals surface area contributed by atoms with Crippen LogP contribution in [0.5, 0.6) is 0 Å². The minimum atomic E-state index is 0.0208. The maximum absolute atomic E-state index is 12.4. The summed E-state index contributed by atoms with van der Waals surface area (Å²) in [5, 5.41) is 2.74. The smallest absolute Gasteiger partial charge is 0.224 e. The first-order chi connectivity index (χ1) is 23.0. The van der Waals surface area contributed by atoms with E-state index in [9.17, 15) is 14.4 Å². The van der Waals surface area contributed by atoms with Gasteiger partial charge in [0.05, 0.1) is 6.54 Å². The molecule has 5 rings (SSSR count). The predicted octanol–water partition coefficient (Wildman–Crippen LogP) is 6.87. The van der Waals surface area contributed by atoms with Crippen LogP contribution in [0, 0.1) is 12.8 Å². The summed E-state index contributed by atoms with van der Waals surface area (Å²) < 4.78 is 0. The summed E-state index contributed by atoms with van der Waals surface area (Å²) >= 11 is 0. The molecule has 0 aromatic heterocycles. The highest BCUT2D eigenvalue weighted by Crippen LogP contribution is 2.27. The van der Waals surface area contributed by atoms with Crippen LogP contribution in [0.2, 0.25) is 0 Å². The summed E-state index contributed by atoms with van der Waals surface area (Å²) in [7, 11) is 2.05. The number of nitrogens with zero attached hydrogens (tertiary/aromatic N) is 3. The zero-order chi connectivity index (χ0) is 33.7. The van der Waals surface area contributed by atoms with E-state index in [1.54, 1.807) is 4.90 Å². The second kappa shape index (κ2) is 21.8. The van der Waals surface area contributed by atoms with E-state index in [0.717, 1.165) is 38.8 Å². The van der Waals surface area contributed by atoms with Crippen LogP contribution < -0.4 is 5.32 Å². The summed E-state index contributed by atoms with van der Waals surface area (Å²) in [4.78, 5) is 40.2. The molecule has 1 N–H and O–H groups in total. The van der Waals surface area contributed by atoms with Crippen molar-refractivity contribution in [1.82, 2.24) is 20.0 Å². The molecule has 0 bridgehead atoms. The number of rotatable bonds is 12. The molecule has 0 spiro atoms. The van der Waals surface area contributed by atoms with Crippen LogP contribution in [0.25, 0.3) is 0 Å². The van der Waals surface area contributed by atoms with E-state index in [-0.39, 0.29) is 12.1 Å². The Balaban J connectivity index is 0.000000214. The summed E-state index contributed by atoms with van der Waals surface area (Å²) in [6.45, 7) is 7.94. The van der Waals surface area contributed by atoms with Gasteiger partial charge >= 0.3 is 0 Å². The third-order valence-electron chi connectivity index (χ3n) is 9.13. The number of amides is 3. The van der Waals surface area contributed by atoms with Gasteiger partial charge in [-0.05, 0) is 63.2 Å². The van der Waals surface area contributed by atoms with Crippen molar-refractivity contribution in [2.45, 2.75) is 77.3 Å². The molecule has 1 atom stereocenters. The van der Waals surface area contributed by atoms with Crippen LogP contribution in [0.4, 0.5) is 0 Å². The molecule has 1 saturated heterocycles. The molecular weight excluding hydrogens is 584 g/mol. The molecule has 47 heavy (non-hydrogen) atoms. The molecule has 3 aromatic rings. The van der Waals surface area contributed by atoms with Crippen molar-refractivity contribution < 1.29 is 14.4 Å². The summed E-state index contributed by atoms with van der Waals surface area (Å²) in [6, 6.07) is 31.1. The van der Waals surface area contributed by atoms with Crippen LogP contribution in [0.15, 0.2) is 91.0 Å². The molecule has 0 radical (unpaired) electrons. The molecule has 1 heterocycles. The molecular formula is C40H56N4O3. The highest BCUT2D eigenvalue weighted by molar-refractivity contribution is 5.77.